The highest BCUT2D eigenvalue weighted by atomic mass is 79.9. The highest BCUT2D eigenvalue weighted by molar-refractivity contribution is 9.11. The summed E-state index contributed by atoms with van der Waals surface area (Å²) in [6.45, 7) is 14.9. The van der Waals surface area contributed by atoms with E-state index in [2.05, 4.69) is 33.8 Å². The summed E-state index contributed by atoms with van der Waals surface area (Å²) in [6.07, 6.45) is 0.699. The second-order valence-corrected chi connectivity index (χ2v) is 10.3. The molecule has 2 atom stereocenters. The molecule has 1 heterocycles. The Balaban J connectivity index is 3.33. The van der Waals surface area contributed by atoms with Gasteiger partial charge in [-0.2, -0.15) is 0 Å². The summed E-state index contributed by atoms with van der Waals surface area (Å²) in [5.74, 6) is -0.105. The van der Waals surface area contributed by atoms with Gasteiger partial charge in [0.1, 0.15) is 9.81 Å². The van der Waals surface area contributed by atoms with Crippen molar-refractivity contribution in [2.45, 2.75) is 50.0 Å². The molecule has 0 amide bonds. The molecule has 0 spiro atoms. The van der Waals surface area contributed by atoms with Gasteiger partial charge in [0.2, 0.25) is 10.0 Å². The number of aliphatic hydroxyl groups is 1. The van der Waals surface area contributed by atoms with E-state index in [1.54, 1.807) is 19.9 Å². The molecule has 0 fully saturated rings. The first-order chi connectivity index (χ1) is 10.5. The minimum atomic E-state index is -3.75. The normalized spacial score (nSPS) is 15.2. The van der Waals surface area contributed by atoms with Crippen molar-refractivity contribution in [2.24, 2.45) is 5.92 Å². The van der Waals surface area contributed by atoms with Gasteiger partial charge in [0, 0.05) is 0 Å². The number of sulfonamides is 1. The molecule has 1 aromatic rings. The van der Waals surface area contributed by atoms with E-state index in [0.29, 0.717) is 17.6 Å². The molecule has 0 aliphatic carbocycles. The van der Waals surface area contributed by atoms with Gasteiger partial charge in [-0.15, -0.1) is 11.3 Å². The Hall–Kier alpha value is -0.470. The molecular formula is C16H24BrNO3S2. The van der Waals surface area contributed by atoms with Crippen LogP contribution in [0.2, 0.25) is 0 Å². The van der Waals surface area contributed by atoms with Crippen molar-refractivity contribution in [3.8, 4) is 0 Å². The van der Waals surface area contributed by atoms with Gasteiger partial charge in [0.05, 0.1) is 9.83 Å². The standard InChI is InChI=1S/C16H24BrNO3S2/c1-7-12(6)15(16(19,10(2)3)11(4)5)18-23(20,21)14-9-8-13(17)22-14/h8-9,12,15,18-19H,2,4,7H2,1,3,5-6H3/t12-,15-/m0/s1. The third-order valence-corrected chi connectivity index (χ3v) is 7.62. The first kappa shape index (κ1) is 20.6. The lowest BCUT2D eigenvalue weighted by molar-refractivity contribution is 0.0592. The average molecular weight is 422 g/mol. The summed E-state index contributed by atoms with van der Waals surface area (Å²) in [5.41, 5.74) is -0.576. The Kier molecular flexibility index (Phi) is 6.81. The molecule has 130 valence electrons. The molecular weight excluding hydrogens is 398 g/mol. The molecule has 0 radical (unpaired) electrons. The van der Waals surface area contributed by atoms with Crippen molar-refractivity contribution >= 4 is 37.3 Å². The molecule has 2 N–H and O–H groups in total. The predicted molar refractivity (Wildman–Crippen MR) is 100 cm³/mol. The van der Waals surface area contributed by atoms with Crippen LogP contribution in [0.25, 0.3) is 0 Å². The highest BCUT2D eigenvalue weighted by Gasteiger charge is 2.43. The predicted octanol–water partition coefficient (Wildman–Crippen LogP) is 4.09. The van der Waals surface area contributed by atoms with Crippen LogP contribution in [0, 0.1) is 5.92 Å². The molecule has 7 heteroatoms. The fraction of sp³-hybridized carbons (Fsp3) is 0.500. The van der Waals surface area contributed by atoms with E-state index in [4.69, 9.17) is 0 Å². The monoisotopic (exact) mass is 421 g/mol. The summed E-state index contributed by atoms with van der Waals surface area (Å²) in [6, 6.07) is 2.47. The zero-order valence-electron chi connectivity index (χ0n) is 13.9. The molecule has 0 aromatic carbocycles. The fourth-order valence-corrected chi connectivity index (χ4v) is 5.81. The molecule has 1 aromatic heterocycles. The van der Waals surface area contributed by atoms with E-state index in [0.717, 1.165) is 15.1 Å². The van der Waals surface area contributed by atoms with Crippen LogP contribution in [0.5, 0.6) is 0 Å². The van der Waals surface area contributed by atoms with Crippen molar-refractivity contribution in [2.75, 3.05) is 0 Å². The van der Waals surface area contributed by atoms with Crippen LogP contribution in [0.3, 0.4) is 0 Å². The molecule has 4 nitrogen and oxygen atoms in total. The summed E-state index contributed by atoms with van der Waals surface area (Å²) in [7, 11) is -3.75. The third-order valence-electron chi connectivity index (χ3n) is 4.06. The van der Waals surface area contributed by atoms with E-state index in [1.807, 2.05) is 13.8 Å². The molecule has 0 unspecified atom stereocenters. The lowest BCUT2D eigenvalue weighted by Crippen LogP contribution is -2.56. The van der Waals surface area contributed by atoms with E-state index < -0.39 is 21.7 Å². The maximum atomic E-state index is 12.7. The second-order valence-electron chi connectivity index (χ2n) is 5.87. The van der Waals surface area contributed by atoms with Crippen LogP contribution in [-0.2, 0) is 10.0 Å². The van der Waals surface area contributed by atoms with Gasteiger partial charge >= 0.3 is 0 Å². The molecule has 0 bridgehead atoms. The number of hydrogen-bond acceptors (Lipinski definition) is 4. The summed E-state index contributed by atoms with van der Waals surface area (Å²) in [4.78, 5) is 0. The fourth-order valence-electron chi connectivity index (χ4n) is 2.41. The minimum absolute atomic E-state index is 0.105. The van der Waals surface area contributed by atoms with Crippen molar-refractivity contribution in [3.05, 3.63) is 40.2 Å². The Morgan fingerprint density at radius 3 is 2.26 bits per heavy atom. The van der Waals surface area contributed by atoms with Gasteiger partial charge < -0.3 is 5.11 Å². The molecule has 0 saturated carbocycles. The minimum Gasteiger partial charge on any atom is -0.379 e. The number of halogens is 1. The smallest absolute Gasteiger partial charge is 0.250 e. The topological polar surface area (TPSA) is 66.4 Å². The van der Waals surface area contributed by atoms with Crippen LogP contribution in [0.1, 0.15) is 34.1 Å². The number of thiophene rings is 1. The number of rotatable bonds is 8. The Morgan fingerprint density at radius 2 is 1.91 bits per heavy atom. The van der Waals surface area contributed by atoms with E-state index in [-0.39, 0.29) is 10.1 Å². The van der Waals surface area contributed by atoms with Crippen LogP contribution in [-0.4, -0.2) is 25.2 Å². The van der Waals surface area contributed by atoms with Gasteiger partial charge in [0.25, 0.3) is 0 Å². The first-order valence-electron chi connectivity index (χ1n) is 7.28. The average Bonchev–Trinajstić information content (AvgIpc) is 2.90. The quantitative estimate of drug-likeness (QED) is 0.621. The van der Waals surface area contributed by atoms with E-state index in [1.165, 1.54) is 6.07 Å². The van der Waals surface area contributed by atoms with Gasteiger partial charge in [0.15, 0.2) is 0 Å². The molecule has 0 aliphatic heterocycles. The van der Waals surface area contributed by atoms with Gasteiger partial charge in [-0.25, -0.2) is 13.1 Å². The molecule has 23 heavy (non-hydrogen) atoms. The zero-order valence-corrected chi connectivity index (χ0v) is 17.1. The second kappa shape index (κ2) is 7.61. The Labute approximate surface area is 151 Å². The van der Waals surface area contributed by atoms with Crippen LogP contribution in [0.15, 0.2) is 44.4 Å². The lowest BCUT2D eigenvalue weighted by atomic mass is 9.76. The molecule has 0 saturated heterocycles. The third kappa shape index (κ3) is 4.33. The number of nitrogens with one attached hydrogen (secondary N) is 1. The lowest BCUT2D eigenvalue weighted by Gasteiger charge is -2.40. The van der Waals surface area contributed by atoms with Crippen LogP contribution < -0.4 is 4.72 Å². The van der Waals surface area contributed by atoms with Crippen LogP contribution in [0.4, 0.5) is 0 Å². The maximum Gasteiger partial charge on any atom is 0.250 e. The summed E-state index contributed by atoms with van der Waals surface area (Å²) < 4.78 is 28.9. The zero-order chi connectivity index (χ0) is 18.0. The van der Waals surface area contributed by atoms with Gasteiger partial charge in [-0.1, -0.05) is 33.4 Å². The van der Waals surface area contributed by atoms with Crippen molar-refractivity contribution < 1.29 is 13.5 Å². The van der Waals surface area contributed by atoms with Crippen molar-refractivity contribution in [3.63, 3.8) is 0 Å². The van der Waals surface area contributed by atoms with E-state index >= 15 is 0 Å². The van der Waals surface area contributed by atoms with Crippen molar-refractivity contribution in [1.29, 1.82) is 0 Å². The first-order valence-corrected chi connectivity index (χ1v) is 10.4. The largest absolute Gasteiger partial charge is 0.379 e. The van der Waals surface area contributed by atoms with Gasteiger partial charge in [-0.3, -0.25) is 0 Å². The Bertz CT molecular complexity index is 680. The summed E-state index contributed by atoms with van der Waals surface area (Å²) in [5, 5.41) is 11.1. The van der Waals surface area contributed by atoms with E-state index in [9.17, 15) is 13.5 Å². The number of hydrogen-bond donors (Lipinski definition) is 2. The molecule has 1 rings (SSSR count). The molecule has 0 aliphatic rings. The highest BCUT2D eigenvalue weighted by Crippen LogP contribution is 2.34. The van der Waals surface area contributed by atoms with Crippen LogP contribution >= 0.6 is 27.3 Å². The van der Waals surface area contributed by atoms with Crippen molar-refractivity contribution in [1.82, 2.24) is 4.72 Å². The maximum absolute atomic E-state index is 12.7. The van der Waals surface area contributed by atoms with Gasteiger partial charge in [-0.05, 0) is 59.0 Å². The SMILES string of the molecule is C=C(C)C(O)(C(=C)C)[C@@H](NS(=O)(=O)c1ccc(Br)s1)[C@@H](C)CC. The summed E-state index contributed by atoms with van der Waals surface area (Å²) >= 11 is 4.39. The Morgan fingerprint density at radius 1 is 1.39 bits per heavy atom.